The summed E-state index contributed by atoms with van der Waals surface area (Å²) >= 11 is 5.94. The molecule has 0 bridgehead atoms. The van der Waals surface area contributed by atoms with Crippen LogP contribution in [0.25, 0.3) is 10.9 Å². The molecule has 0 aliphatic heterocycles. The van der Waals surface area contributed by atoms with Crippen LogP contribution in [0.2, 0.25) is 5.02 Å². The number of nitrogens with one attached hydrogen (secondary N) is 1. The van der Waals surface area contributed by atoms with Gasteiger partial charge < -0.3 is 4.98 Å². The van der Waals surface area contributed by atoms with Crippen molar-refractivity contribution in [2.24, 2.45) is 0 Å². The molecule has 0 atom stereocenters. The highest BCUT2D eigenvalue weighted by Gasteiger charge is 2.11. The number of aromatic amines is 1. The highest BCUT2D eigenvalue weighted by molar-refractivity contribution is 6.31. The molecule has 6 heteroatoms. The van der Waals surface area contributed by atoms with Crippen LogP contribution >= 0.6 is 11.6 Å². The van der Waals surface area contributed by atoms with Crippen molar-refractivity contribution in [2.45, 2.75) is 13.5 Å². The Morgan fingerprint density at radius 2 is 2.18 bits per heavy atom. The molecule has 0 fully saturated rings. The number of carbonyl (C=O) groups excluding carboxylic acids is 1. The second-order valence-corrected chi connectivity index (χ2v) is 5.43. The summed E-state index contributed by atoms with van der Waals surface area (Å²) in [6.45, 7) is 1.87. The Morgan fingerprint density at radius 1 is 1.36 bits per heavy atom. The van der Waals surface area contributed by atoms with Gasteiger partial charge in [-0.25, -0.2) is 4.98 Å². The Hall–Kier alpha value is -2.53. The third-order valence-corrected chi connectivity index (χ3v) is 3.55. The van der Waals surface area contributed by atoms with Crippen LogP contribution in [0.1, 0.15) is 23.1 Å². The number of Topliss-reactive ketones (excluding diaryl/α,β-unsaturated/α-hetero) is 1. The number of hydrogen-bond donors (Lipinski definition) is 1. The Bertz CT molecular complexity index is 934. The zero-order valence-corrected chi connectivity index (χ0v) is 12.6. The average molecular weight is 315 g/mol. The highest BCUT2D eigenvalue weighted by atomic mass is 35.5. The molecular formula is C16H13ClN3O2+. The average Bonchev–Trinajstić information content (AvgIpc) is 2.47. The number of halogens is 1. The second kappa shape index (κ2) is 5.69. The van der Waals surface area contributed by atoms with Crippen LogP contribution in [-0.2, 0) is 6.54 Å². The molecule has 22 heavy (non-hydrogen) atoms. The SMILES string of the molecule is CC(=O)c1ccc[n+](Cc2nc3cc(Cl)ccc3c(=O)[nH]2)c1. The van der Waals surface area contributed by atoms with Crippen LogP contribution in [0, 0.1) is 0 Å². The van der Waals surface area contributed by atoms with Crippen molar-refractivity contribution in [1.82, 2.24) is 9.97 Å². The summed E-state index contributed by atoms with van der Waals surface area (Å²) in [5.74, 6) is 0.492. The topological polar surface area (TPSA) is 66.7 Å². The highest BCUT2D eigenvalue weighted by Crippen LogP contribution is 2.14. The van der Waals surface area contributed by atoms with Crippen molar-refractivity contribution >= 4 is 28.3 Å². The summed E-state index contributed by atoms with van der Waals surface area (Å²) in [6.07, 6.45) is 3.54. The molecule has 1 aromatic carbocycles. The third kappa shape index (κ3) is 2.89. The van der Waals surface area contributed by atoms with E-state index < -0.39 is 0 Å². The molecule has 0 unspecified atom stereocenters. The van der Waals surface area contributed by atoms with Crippen LogP contribution in [0.5, 0.6) is 0 Å². The summed E-state index contributed by atoms with van der Waals surface area (Å²) < 4.78 is 1.80. The van der Waals surface area contributed by atoms with Gasteiger partial charge in [0.25, 0.3) is 5.56 Å². The molecule has 0 aliphatic carbocycles. The lowest BCUT2D eigenvalue weighted by Gasteiger charge is -2.02. The van der Waals surface area contributed by atoms with Gasteiger partial charge in [-0.15, -0.1) is 0 Å². The van der Waals surface area contributed by atoms with Crippen molar-refractivity contribution < 1.29 is 9.36 Å². The van der Waals surface area contributed by atoms with E-state index in [1.165, 1.54) is 6.92 Å². The molecule has 2 heterocycles. The second-order valence-electron chi connectivity index (χ2n) is 5.00. The molecular weight excluding hydrogens is 302 g/mol. The smallest absolute Gasteiger partial charge is 0.258 e. The van der Waals surface area contributed by atoms with E-state index in [-0.39, 0.29) is 11.3 Å². The molecule has 0 radical (unpaired) electrons. The quantitative estimate of drug-likeness (QED) is 0.595. The summed E-state index contributed by atoms with van der Waals surface area (Å²) in [4.78, 5) is 30.7. The van der Waals surface area contributed by atoms with E-state index in [1.54, 1.807) is 41.1 Å². The summed E-state index contributed by atoms with van der Waals surface area (Å²) in [6, 6.07) is 8.50. The van der Waals surface area contributed by atoms with E-state index in [4.69, 9.17) is 11.6 Å². The maximum atomic E-state index is 12.1. The van der Waals surface area contributed by atoms with Crippen molar-refractivity contribution in [2.75, 3.05) is 0 Å². The minimum atomic E-state index is -0.208. The number of benzene rings is 1. The predicted molar refractivity (Wildman–Crippen MR) is 83.1 cm³/mol. The molecule has 2 aromatic heterocycles. The maximum Gasteiger partial charge on any atom is 0.258 e. The van der Waals surface area contributed by atoms with E-state index in [0.29, 0.717) is 33.9 Å². The van der Waals surface area contributed by atoms with Gasteiger partial charge in [-0.05, 0) is 31.2 Å². The summed E-state index contributed by atoms with van der Waals surface area (Å²) in [5, 5.41) is 1.03. The minimum Gasteiger partial charge on any atom is -0.305 e. The molecule has 5 nitrogen and oxygen atoms in total. The van der Waals surface area contributed by atoms with Gasteiger partial charge in [0.2, 0.25) is 6.54 Å². The van der Waals surface area contributed by atoms with Crippen molar-refractivity contribution in [3.05, 3.63) is 69.5 Å². The van der Waals surface area contributed by atoms with E-state index >= 15 is 0 Å². The summed E-state index contributed by atoms with van der Waals surface area (Å²) in [7, 11) is 0. The fourth-order valence-corrected chi connectivity index (χ4v) is 2.40. The number of rotatable bonds is 3. The molecule has 0 aliphatic rings. The van der Waals surface area contributed by atoms with Crippen molar-refractivity contribution in [3.63, 3.8) is 0 Å². The van der Waals surface area contributed by atoms with E-state index in [2.05, 4.69) is 9.97 Å². The first kappa shape index (κ1) is 14.4. The monoisotopic (exact) mass is 314 g/mol. The number of hydrogen-bond acceptors (Lipinski definition) is 3. The van der Waals surface area contributed by atoms with Crippen LogP contribution in [0.15, 0.2) is 47.5 Å². The normalized spacial score (nSPS) is 10.8. The van der Waals surface area contributed by atoms with Gasteiger partial charge in [-0.1, -0.05) is 11.6 Å². The van der Waals surface area contributed by atoms with E-state index in [0.717, 1.165) is 0 Å². The zero-order chi connectivity index (χ0) is 15.7. The number of nitrogens with zero attached hydrogens (tertiary/aromatic N) is 2. The van der Waals surface area contributed by atoms with Gasteiger partial charge >= 0.3 is 0 Å². The number of pyridine rings is 1. The Kier molecular flexibility index (Phi) is 3.73. The number of H-pyrrole nitrogens is 1. The molecule has 0 amide bonds. The fraction of sp³-hybridized carbons (Fsp3) is 0.125. The standard InChI is InChI=1S/C16H12ClN3O2/c1-10(21)11-3-2-6-20(8-11)9-15-18-14-7-12(17)4-5-13(14)16(22)19-15/h2-8H,9H2,1H3/p+1. The first-order chi connectivity index (χ1) is 10.5. The van der Waals surface area contributed by atoms with Gasteiger partial charge in [0, 0.05) is 11.1 Å². The minimum absolute atomic E-state index is 0.0129. The molecule has 1 N–H and O–H groups in total. The Morgan fingerprint density at radius 3 is 2.95 bits per heavy atom. The number of carbonyl (C=O) groups is 1. The van der Waals surface area contributed by atoms with Gasteiger partial charge in [0.15, 0.2) is 24.0 Å². The van der Waals surface area contributed by atoms with Crippen molar-refractivity contribution in [1.29, 1.82) is 0 Å². The molecule has 0 saturated carbocycles. The Balaban J connectivity index is 2.02. The maximum absolute atomic E-state index is 12.1. The largest absolute Gasteiger partial charge is 0.305 e. The first-order valence-corrected chi connectivity index (χ1v) is 7.09. The van der Waals surface area contributed by atoms with Gasteiger partial charge in [-0.3, -0.25) is 9.59 Å². The fourth-order valence-electron chi connectivity index (χ4n) is 2.24. The third-order valence-electron chi connectivity index (χ3n) is 3.31. The lowest BCUT2D eigenvalue weighted by Crippen LogP contribution is -2.36. The van der Waals surface area contributed by atoms with Crippen molar-refractivity contribution in [3.8, 4) is 0 Å². The van der Waals surface area contributed by atoms with E-state index in [9.17, 15) is 9.59 Å². The number of ketones is 1. The Labute approximate surface area is 131 Å². The molecule has 3 rings (SSSR count). The predicted octanol–water partition coefficient (Wildman–Crippen LogP) is 2.11. The van der Waals surface area contributed by atoms with Crippen LogP contribution in [0.3, 0.4) is 0 Å². The lowest BCUT2D eigenvalue weighted by atomic mass is 10.2. The molecule has 0 saturated heterocycles. The molecule has 0 spiro atoms. The lowest BCUT2D eigenvalue weighted by molar-refractivity contribution is -0.689. The van der Waals surface area contributed by atoms with Gasteiger partial charge in [0.1, 0.15) is 0 Å². The number of fused-ring (bicyclic) bond motifs is 1. The van der Waals surface area contributed by atoms with Crippen LogP contribution in [-0.4, -0.2) is 15.8 Å². The van der Waals surface area contributed by atoms with Gasteiger partial charge in [-0.2, -0.15) is 4.57 Å². The van der Waals surface area contributed by atoms with E-state index in [1.807, 2.05) is 6.20 Å². The first-order valence-electron chi connectivity index (χ1n) is 6.71. The zero-order valence-electron chi connectivity index (χ0n) is 11.8. The van der Waals surface area contributed by atoms with Crippen LogP contribution < -0.4 is 10.1 Å². The molecule has 3 aromatic rings. The number of aromatic nitrogens is 3. The molecule has 110 valence electrons. The van der Waals surface area contributed by atoms with Gasteiger partial charge in [0.05, 0.1) is 16.5 Å². The summed E-state index contributed by atoms with van der Waals surface area (Å²) in [5.41, 5.74) is 0.947. The van der Waals surface area contributed by atoms with Crippen LogP contribution in [0.4, 0.5) is 0 Å².